The minimum atomic E-state index is -0.404. The van der Waals surface area contributed by atoms with Gasteiger partial charge in [-0.3, -0.25) is 4.79 Å². The lowest BCUT2D eigenvalue weighted by atomic mass is 10.0. The van der Waals surface area contributed by atoms with E-state index in [1.807, 2.05) is 6.92 Å². The molecule has 1 unspecified atom stereocenters. The van der Waals surface area contributed by atoms with E-state index < -0.39 is 6.04 Å². The first-order chi connectivity index (χ1) is 6.65. The summed E-state index contributed by atoms with van der Waals surface area (Å²) in [5.74, 6) is -0.0330. The molecule has 0 amide bonds. The number of hydrogen-bond donors (Lipinski definition) is 1. The highest BCUT2D eigenvalue weighted by Gasteiger charge is 2.14. The summed E-state index contributed by atoms with van der Waals surface area (Å²) in [6.45, 7) is 2.01. The highest BCUT2D eigenvalue weighted by atomic mass is 35.5. The first kappa shape index (κ1) is 11.2. The van der Waals surface area contributed by atoms with Crippen molar-refractivity contribution in [1.29, 1.82) is 0 Å². The zero-order valence-corrected chi connectivity index (χ0v) is 8.92. The van der Waals surface area contributed by atoms with Gasteiger partial charge in [0.25, 0.3) is 0 Å². The van der Waals surface area contributed by atoms with Gasteiger partial charge in [-0.15, -0.1) is 0 Å². The summed E-state index contributed by atoms with van der Waals surface area (Å²) in [5.41, 5.74) is 6.31. The maximum absolute atomic E-state index is 11.7. The molecule has 1 aromatic rings. The summed E-state index contributed by atoms with van der Waals surface area (Å²) in [7, 11) is 0. The Morgan fingerprint density at radius 1 is 1.57 bits per heavy atom. The number of nitrogens with two attached hydrogens (primary N) is 1. The third kappa shape index (κ3) is 2.82. The molecule has 0 bridgehead atoms. The molecule has 0 aliphatic heterocycles. The lowest BCUT2D eigenvalue weighted by molar-refractivity contribution is 0.0957. The Bertz CT molecular complexity index is 325. The van der Waals surface area contributed by atoms with Crippen molar-refractivity contribution in [1.82, 2.24) is 0 Å². The highest BCUT2D eigenvalue weighted by molar-refractivity contribution is 6.31. The van der Waals surface area contributed by atoms with E-state index in [4.69, 9.17) is 17.3 Å². The predicted octanol–water partition coefficient (Wildman–Crippen LogP) is 2.65. The summed E-state index contributed by atoms with van der Waals surface area (Å²) in [6.07, 6.45) is 1.62. The van der Waals surface area contributed by atoms with E-state index in [2.05, 4.69) is 0 Å². The van der Waals surface area contributed by atoms with E-state index in [1.54, 1.807) is 24.3 Å². The van der Waals surface area contributed by atoms with Crippen LogP contribution in [0.25, 0.3) is 0 Å². The van der Waals surface area contributed by atoms with Gasteiger partial charge in [0.2, 0.25) is 0 Å². The molecular formula is C11H14ClNO. The second-order valence-electron chi connectivity index (χ2n) is 3.27. The molecule has 3 heteroatoms. The number of ketones is 1. The fourth-order valence-corrected chi connectivity index (χ4v) is 1.49. The van der Waals surface area contributed by atoms with Crippen molar-refractivity contribution in [3.8, 4) is 0 Å². The van der Waals surface area contributed by atoms with Gasteiger partial charge >= 0.3 is 0 Å². The molecule has 0 spiro atoms. The molecule has 0 saturated heterocycles. The van der Waals surface area contributed by atoms with Gasteiger partial charge in [0.1, 0.15) is 0 Å². The lowest BCUT2D eigenvalue weighted by Crippen LogP contribution is -2.30. The van der Waals surface area contributed by atoms with E-state index in [1.165, 1.54) is 0 Å². The van der Waals surface area contributed by atoms with Crippen molar-refractivity contribution < 1.29 is 4.79 Å². The van der Waals surface area contributed by atoms with Gasteiger partial charge in [0.15, 0.2) is 5.78 Å². The van der Waals surface area contributed by atoms with Crippen molar-refractivity contribution in [3.05, 3.63) is 34.9 Å². The number of benzene rings is 1. The van der Waals surface area contributed by atoms with E-state index in [-0.39, 0.29) is 5.78 Å². The molecular weight excluding hydrogens is 198 g/mol. The number of rotatable bonds is 4. The quantitative estimate of drug-likeness (QED) is 0.779. The summed E-state index contributed by atoms with van der Waals surface area (Å²) < 4.78 is 0. The van der Waals surface area contributed by atoms with E-state index in [0.29, 0.717) is 17.0 Å². The van der Waals surface area contributed by atoms with Crippen molar-refractivity contribution >= 4 is 17.4 Å². The fraction of sp³-hybridized carbons (Fsp3) is 0.364. The molecule has 0 aromatic heterocycles. The van der Waals surface area contributed by atoms with Gasteiger partial charge < -0.3 is 5.73 Å². The molecule has 14 heavy (non-hydrogen) atoms. The summed E-state index contributed by atoms with van der Waals surface area (Å²) in [5, 5.41) is 0.569. The zero-order valence-electron chi connectivity index (χ0n) is 8.16. The van der Waals surface area contributed by atoms with Crippen LogP contribution in [-0.4, -0.2) is 11.8 Å². The Morgan fingerprint density at radius 3 is 2.86 bits per heavy atom. The molecule has 0 aliphatic rings. The number of carbonyl (C=O) groups is 1. The van der Waals surface area contributed by atoms with Gasteiger partial charge in [-0.2, -0.15) is 0 Å². The molecule has 0 heterocycles. The van der Waals surface area contributed by atoms with Crippen molar-refractivity contribution in [3.63, 3.8) is 0 Å². The molecule has 1 aromatic carbocycles. The predicted molar refractivity (Wildman–Crippen MR) is 58.7 cm³/mol. The average Bonchev–Trinajstić information content (AvgIpc) is 2.17. The van der Waals surface area contributed by atoms with E-state index in [9.17, 15) is 4.79 Å². The summed E-state index contributed by atoms with van der Waals surface area (Å²) >= 11 is 5.78. The Hall–Kier alpha value is -0.860. The van der Waals surface area contributed by atoms with Crippen LogP contribution in [0.5, 0.6) is 0 Å². The van der Waals surface area contributed by atoms with Crippen LogP contribution in [0.4, 0.5) is 0 Å². The minimum absolute atomic E-state index is 0.0330. The van der Waals surface area contributed by atoms with Crippen LogP contribution in [0.1, 0.15) is 30.1 Å². The zero-order chi connectivity index (χ0) is 10.6. The van der Waals surface area contributed by atoms with Crippen LogP contribution >= 0.6 is 11.6 Å². The molecule has 0 saturated carbocycles. The van der Waals surface area contributed by atoms with Crippen molar-refractivity contribution in [2.45, 2.75) is 25.8 Å². The summed E-state index contributed by atoms with van der Waals surface area (Å²) in [4.78, 5) is 11.7. The number of carbonyl (C=O) groups excluding carboxylic acids is 1. The Morgan fingerprint density at radius 2 is 2.29 bits per heavy atom. The fourth-order valence-electron chi connectivity index (χ4n) is 1.30. The Labute approximate surface area is 89.1 Å². The van der Waals surface area contributed by atoms with Gasteiger partial charge in [-0.1, -0.05) is 37.1 Å². The first-order valence-corrected chi connectivity index (χ1v) is 5.08. The van der Waals surface area contributed by atoms with Gasteiger partial charge in [-0.25, -0.2) is 0 Å². The van der Waals surface area contributed by atoms with Gasteiger partial charge in [-0.05, 0) is 18.6 Å². The van der Waals surface area contributed by atoms with Crippen LogP contribution in [-0.2, 0) is 0 Å². The summed E-state index contributed by atoms with van der Waals surface area (Å²) in [6, 6.07) is 6.49. The van der Waals surface area contributed by atoms with Gasteiger partial charge in [0.05, 0.1) is 6.04 Å². The number of halogens is 1. The molecule has 0 aliphatic carbocycles. The molecule has 1 rings (SSSR count). The first-order valence-electron chi connectivity index (χ1n) is 4.70. The molecule has 2 N–H and O–H groups in total. The maximum Gasteiger partial charge on any atom is 0.179 e. The minimum Gasteiger partial charge on any atom is -0.321 e. The van der Waals surface area contributed by atoms with Crippen LogP contribution in [0.2, 0.25) is 5.02 Å². The molecule has 1 atom stereocenters. The molecule has 2 nitrogen and oxygen atoms in total. The maximum atomic E-state index is 11.7. The van der Waals surface area contributed by atoms with Crippen molar-refractivity contribution in [2.75, 3.05) is 0 Å². The number of hydrogen-bond acceptors (Lipinski definition) is 2. The SMILES string of the molecule is CCCC(N)C(=O)c1cccc(Cl)c1. The van der Waals surface area contributed by atoms with Crippen LogP contribution in [0.3, 0.4) is 0 Å². The van der Waals surface area contributed by atoms with E-state index in [0.717, 1.165) is 6.42 Å². The monoisotopic (exact) mass is 211 g/mol. The lowest BCUT2D eigenvalue weighted by Gasteiger charge is -2.08. The smallest absolute Gasteiger partial charge is 0.179 e. The second kappa shape index (κ2) is 5.13. The molecule has 0 radical (unpaired) electrons. The topological polar surface area (TPSA) is 43.1 Å². The molecule has 0 fully saturated rings. The third-order valence-electron chi connectivity index (χ3n) is 2.05. The standard InChI is InChI=1S/C11H14ClNO/c1-2-4-10(13)11(14)8-5-3-6-9(12)7-8/h3,5-7,10H,2,4,13H2,1H3. The molecule has 76 valence electrons. The Balaban J connectivity index is 2.78. The largest absolute Gasteiger partial charge is 0.321 e. The van der Waals surface area contributed by atoms with Crippen LogP contribution < -0.4 is 5.73 Å². The van der Waals surface area contributed by atoms with Crippen molar-refractivity contribution in [2.24, 2.45) is 5.73 Å². The normalized spacial score (nSPS) is 12.5. The average molecular weight is 212 g/mol. The van der Waals surface area contributed by atoms with Gasteiger partial charge in [0, 0.05) is 10.6 Å². The number of Topliss-reactive ketones (excluding diaryl/α,β-unsaturated/α-hetero) is 1. The highest BCUT2D eigenvalue weighted by Crippen LogP contribution is 2.13. The van der Waals surface area contributed by atoms with Crippen LogP contribution in [0.15, 0.2) is 24.3 Å². The Kier molecular flexibility index (Phi) is 4.11. The second-order valence-corrected chi connectivity index (χ2v) is 3.71. The van der Waals surface area contributed by atoms with Crippen LogP contribution in [0, 0.1) is 0 Å². The third-order valence-corrected chi connectivity index (χ3v) is 2.28. The van der Waals surface area contributed by atoms with E-state index >= 15 is 0 Å².